The minimum absolute atomic E-state index is 0.0311. The summed E-state index contributed by atoms with van der Waals surface area (Å²) in [6.45, 7) is 4.29. The summed E-state index contributed by atoms with van der Waals surface area (Å²) in [5.41, 5.74) is 0.328. The van der Waals surface area contributed by atoms with Gasteiger partial charge in [0.15, 0.2) is 5.69 Å². The number of carbonyl (C=O) groups excluding carboxylic acids is 1. The Kier molecular flexibility index (Phi) is 6.06. The van der Waals surface area contributed by atoms with Crippen molar-refractivity contribution in [2.75, 3.05) is 26.7 Å². The van der Waals surface area contributed by atoms with Crippen LogP contribution in [-0.2, 0) is 10.2 Å². The molecule has 0 radical (unpaired) electrons. The van der Waals surface area contributed by atoms with Gasteiger partial charge in [-0.3, -0.25) is 4.79 Å². The first-order chi connectivity index (χ1) is 15.4. The third-order valence-corrected chi connectivity index (χ3v) is 10.0. The molecule has 3 aliphatic heterocycles. The van der Waals surface area contributed by atoms with E-state index in [9.17, 15) is 13.2 Å². The molecule has 10 heteroatoms. The lowest BCUT2D eigenvalue weighted by Crippen LogP contribution is -2.57. The van der Waals surface area contributed by atoms with Crippen LogP contribution in [0.4, 0.5) is 0 Å². The number of nitrogens with zero attached hydrogens (tertiary/aromatic N) is 4. The molecule has 1 aliphatic carbocycles. The molecular formula is C22H35N5O4S. The highest BCUT2D eigenvalue weighted by Gasteiger charge is 2.49. The lowest BCUT2D eigenvalue weighted by atomic mass is 9.99. The number of piperidine rings is 2. The van der Waals surface area contributed by atoms with E-state index in [0.29, 0.717) is 43.6 Å². The zero-order valence-electron chi connectivity index (χ0n) is 19.1. The highest BCUT2D eigenvalue weighted by atomic mass is 32.2. The molecule has 3 saturated heterocycles. The summed E-state index contributed by atoms with van der Waals surface area (Å²) in [6.07, 6.45) is 6.99. The van der Waals surface area contributed by atoms with Crippen molar-refractivity contribution in [2.45, 2.75) is 88.4 Å². The third-order valence-electron chi connectivity index (χ3n) is 7.88. The fraction of sp³-hybridized carbons (Fsp3) is 0.818. The predicted octanol–water partition coefficient (Wildman–Crippen LogP) is 1.94. The fourth-order valence-corrected chi connectivity index (χ4v) is 7.83. The van der Waals surface area contributed by atoms with Gasteiger partial charge < -0.3 is 14.7 Å². The van der Waals surface area contributed by atoms with E-state index in [-0.39, 0.29) is 24.0 Å². The van der Waals surface area contributed by atoms with Gasteiger partial charge in [0.2, 0.25) is 0 Å². The molecule has 3 atom stereocenters. The fourth-order valence-electron chi connectivity index (χ4n) is 5.75. The van der Waals surface area contributed by atoms with Crippen molar-refractivity contribution in [3.8, 4) is 0 Å². The number of hydrogen-bond acceptors (Lipinski definition) is 6. The first-order valence-electron chi connectivity index (χ1n) is 12.1. The zero-order valence-corrected chi connectivity index (χ0v) is 19.9. The lowest BCUT2D eigenvalue weighted by molar-refractivity contribution is 0.0896. The zero-order chi connectivity index (χ0) is 22.5. The summed E-state index contributed by atoms with van der Waals surface area (Å²) >= 11 is 0. The van der Waals surface area contributed by atoms with Gasteiger partial charge in [0.25, 0.3) is 16.1 Å². The van der Waals surface area contributed by atoms with Crippen molar-refractivity contribution >= 4 is 16.1 Å². The molecule has 0 aromatic carbocycles. The van der Waals surface area contributed by atoms with E-state index in [1.807, 2.05) is 0 Å². The maximum absolute atomic E-state index is 13.5. The van der Waals surface area contributed by atoms with Crippen molar-refractivity contribution in [1.82, 2.24) is 24.0 Å². The molecule has 1 aromatic heterocycles. The Morgan fingerprint density at radius 2 is 1.81 bits per heavy atom. The van der Waals surface area contributed by atoms with Crippen molar-refractivity contribution in [2.24, 2.45) is 0 Å². The summed E-state index contributed by atoms with van der Waals surface area (Å²) in [4.78, 5) is 15.0. The van der Waals surface area contributed by atoms with Crippen LogP contribution in [0.15, 0.2) is 10.6 Å². The van der Waals surface area contributed by atoms with Crippen molar-refractivity contribution < 1.29 is 17.7 Å². The first-order valence-corrected chi connectivity index (χ1v) is 13.5. The Morgan fingerprint density at radius 1 is 1.16 bits per heavy atom. The van der Waals surface area contributed by atoms with Gasteiger partial charge in [-0.1, -0.05) is 12.1 Å². The topological polar surface area (TPSA) is 99.0 Å². The molecule has 1 saturated carbocycles. The Morgan fingerprint density at radius 3 is 2.41 bits per heavy atom. The van der Waals surface area contributed by atoms with Crippen molar-refractivity contribution in [1.29, 1.82) is 0 Å². The summed E-state index contributed by atoms with van der Waals surface area (Å²) in [5.74, 6) is 0.995. The molecule has 4 fully saturated rings. The SMILES string of the molecule is CCN(C)C1CCN(S(=O)(=O)N2[C@@H]3CC[C@H]2C[C@@H](NC(=O)c2cc(C4CC4)on2)C3)CC1. The molecule has 178 valence electrons. The van der Waals surface area contributed by atoms with Crippen molar-refractivity contribution in [3.05, 3.63) is 17.5 Å². The Balaban J connectivity index is 1.19. The minimum Gasteiger partial charge on any atom is -0.360 e. The van der Waals surface area contributed by atoms with Gasteiger partial charge in [0.05, 0.1) is 0 Å². The van der Waals surface area contributed by atoms with Gasteiger partial charge in [-0.2, -0.15) is 17.0 Å². The molecule has 1 aromatic rings. The van der Waals surface area contributed by atoms with Crippen LogP contribution in [0.1, 0.15) is 80.5 Å². The van der Waals surface area contributed by atoms with Gasteiger partial charge in [-0.05, 0) is 65.0 Å². The van der Waals surface area contributed by atoms with Gasteiger partial charge in [0, 0.05) is 49.2 Å². The van der Waals surface area contributed by atoms with E-state index in [2.05, 4.69) is 29.3 Å². The maximum Gasteiger partial charge on any atom is 0.282 e. The maximum atomic E-state index is 13.5. The van der Waals surface area contributed by atoms with Crippen LogP contribution in [0.2, 0.25) is 0 Å². The molecule has 1 N–H and O–H groups in total. The minimum atomic E-state index is -3.47. The van der Waals surface area contributed by atoms with Crippen LogP contribution in [0, 0.1) is 0 Å². The number of hydrogen-bond donors (Lipinski definition) is 1. The smallest absolute Gasteiger partial charge is 0.282 e. The second kappa shape index (κ2) is 8.70. The highest BCUT2D eigenvalue weighted by Crippen LogP contribution is 2.41. The molecule has 0 unspecified atom stereocenters. The van der Waals surface area contributed by atoms with E-state index in [1.165, 1.54) is 0 Å². The number of nitrogens with one attached hydrogen (secondary N) is 1. The van der Waals surface area contributed by atoms with E-state index in [0.717, 1.165) is 50.8 Å². The average molecular weight is 466 g/mol. The van der Waals surface area contributed by atoms with Gasteiger partial charge in [-0.25, -0.2) is 0 Å². The van der Waals surface area contributed by atoms with Crippen LogP contribution in [0.3, 0.4) is 0 Å². The number of carbonyl (C=O) groups is 1. The summed E-state index contributed by atoms with van der Waals surface area (Å²) < 4.78 is 35.8. The first kappa shape index (κ1) is 22.3. The average Bonchev–Trinajstić information content (AvgIpc) is 3.44. The summed E-state index contributed by atoms with van der Waals surface area (Å²) in [5, 5.41) is 7.02. The van der Waals surface area contributed by atoms with Crippen LogP contribution < -0.4 is 5.32 Å². The molecule has 4 heterocycles. The number of amides is 1. The highest BCUT2D eigenvalue weighted by molar-refractivity contribution is 7.86. The van der Waals surface area contributed by atoms with E-state index in [4.69, 9.17) is 4.52 Å². The number of fused-ring (bicyclic) bond motifs is 2. The molecule has 4 aliphatic rings. The molecule has 2 bridgehead atoms. The number of rotatable bonds is 7. The Labute approximate surface area is 190 Å². The van der Waals surface area contributed by atoms with Gasteiger partial charge in [0.1, 0.15) is 5.76 Å². The lowest BCUT2D eigenvalue weighted by Gasteiger charge is -2.42. The molecular weight excluding hydrogens is 430 g/mol. The van der Waals surface area contributed by atoms with Crippen LogP contribution in [-0.4, -0.2) is 83.8 Å². The van der Waals surface area contributed by atoms with Crippen LogP contribution in [0.5, 0.6) is 0 Å². The van der Waals surface area contributed by atoms with Crippen molar-refractivity contribution in [3.63, 3.8) is 0 Å². The van der Waals surface area contributed by atoms with E-state index < -0.39 is 10.2 Å². The monoisotopic (exact) mass is 465 g/mol. The standard InChI is InChI=1S/C22H35N5O4S/c1-3-25(2)17-8-10-26(11-9-17)32(29,30)27-18-6-7-19(27)13-16(12-18)23-22(28)20-14-21(31-24-20)15-4-5-15/h14-19H,3-13H2,1-2H3,(H,23,28)/t16-,18+,19-. The van der Waals surface area contributed by atoms with Crippen LogP contribution >= 0.6 is 0 Å². The molecule has 1 amide bonds. The largest absolute Gasteiger partial charge is 0.360 e. The second-order valence-electron chi connectivity index (χ2n) is 9.96. The van der Waals surface area contributed by atoms with Gasteiger partial charge in [-0.15, -0.1) is 0 Å². The number of aromatic nitrogens is 1. The predicted molar refractivity (Wildman–Crippen MR) is 119 cm³/mol. The molecule has 0 spiro atoms. The quantitative estimate of drug-likeness (QED) is 0.661. The second-order valence-corrected chi connectivity index (χ2v) is 11.8. The normalized spacial score (nSPS) is 30.2. The van der Waals surface area contributed by atoms with Gasteiger partial charge >= 0.3 is 0 Å². The molecule has 9 nitrogen and oxygen atoms in total. The Hall–Kier alpha value is -1.49. The van der Waals surface area contributed by atoms with E-state index in [1.54, 1.807) is 14.7 Å². The summed E-state index contributed by atoms with van der Waals surface area (Å²) in [6, 6.07) is 2.09. The summed E-state index contributed by atoms with van der Waals surface area (Å²) in [7, 11) is -1.36. The molecule has 5 rings (SSSR count). The Bertz CT molecular complexity index is 924. The molecule has 32 heavy (non-hydrogen) atoms. The third kappa shape index (κ3) is 4.22. The van der Waals surface area contributed by atoms with E-state index >= 15 is 0 Å². The van der Waals surface area contributed by atoms with Crippen LogP contribution in [0.25, 0.3) is 0 Å².